The van der Waals surface area contributed by atoms with Crippen molar-refractivity contribution in [1.29, 1.82) is 0 Å². The van der Waals surface area contributed by atoms with Gasteiger partial charge in [-0.15, -0.1) is 11.3 Å². The molecule has 0 atom stereocenters. The summed E-state index contributed by atoms with van der Waals surface area (Å²) in [6.07, 6.45) is 27.0. The second kappa shape index (κ2) is 22.5. The van der Waals surface area contributed by atoms with E-state index in [0.29, 0.717) is 0 Å². The van der Waals surface area contributed by atoms with Gasteiger partial charge in [0.1, 0.15) is 11.5 Å². The Hall–Kier alpha value is -1.48. The maximum atomic E-state index is 6.25. The Balaban J connectivity index is 1.62. The molecular formula is C34H56O2S. The molecule has 0 fully saturated rings. The van der Waals surface area contributed by atoms with E-state index in [9.17, 15) is 0 Å². The lowest BCUT2D eigenvalue weighted by Gasteiger charge is -2.13. The molecule has 210 valence electrons. The maximum absolute atomic E-state index is 6.25. The van der Waals surface area contributed by atoms with Crippen LogP contribution in [0.15, 0.2) is 35.7 Å². The molecule has 0 unspecified atom stereocenters. The minimum atomic E-state index is 0.799. The number of unbranched alkanes of at least 4 members (excludes halogenated alkanes) is 18. The van der Waals surface area contributed by atoms with Crippen LogP contribution < -0.4 is 9.47 Å². The summed E-state index contributed by atoms with van der Waals surface area (Å²) in [5, 5.41) is 2.14. The molecule has 2 nitrogen and oxygen atoms in total. The van der Waals surface area contributed by atoms with Crippen molar-refractivity contribution in [3.63, 3.8) is 0 Å². The Morgan fingerprint density at radius 1 is 0.541 bits per heavy atom. The standard InChI is InChI=1S/C34H56O2S/c1-3-5-7-9-11-13-15-17-19-21-27-35-31-25-26-33(32(30-31)34-24-23-29-37-34)36-28-22-20-18-16-14-12-10-8-6-4-2/h23-26,29-30H,3-22,27-28H2,1-2H3. The average Bonchev–Trinajstić information content (AvgIpc) is 3.46. The number of thiophene rings is 1. The fraction of sp³-hybridized carbons (Fsp3) is 0.706. The lowest BCUT2D eigenvalue weighted by atomic mass is 10.1. The Bertz CT molecular complexity index is 755. The molecule has 3 heteroatoms. The van der Waals surface area contributed by atoms with Gasteiger partial charge < -0.3 is 9.47 Å². The van der Waals surface area contributed by atoms with Crippen LogP contribution in [0.3, 0.4) is 0 Å². The normalized spacial score (nSPS) is 11.2. The molecule has 1 aromatic heterocycles. The highest BCUT2D eigenvalue weighted by molar-refractivity contribution is 7.13. The molecule has 2 aromatic rings. The average molecular weight is 529 g/mol. The van der Waals surface area contributed by atoms with Crippen LogP contribution in [-0.2, 0) is 0 Å². The number of rotatable bonds is 25. The molecule has 0 N–H and O–H groups in total. The quantitative estimate of drug-likeness (QED) is 0.119. The zero-order chi connectivity index (χ0) is 26.2. The predicted molar refractivity (Wildman–Crippen MR) is 164 cm³/mol. The molecular weight excluding hydrogens is 472 g/mol. The lowest BCUT2D eigenvalue weighted by molar-refractivity contribution is 0.297. The first-order valence-electron chi connectivity index (χ1n) is 15.8. The third-order valence-corrected chi connectivity index (χ3v) is 8.16. The van der Waals surface area contributed by atoms with Crippen LogP contribution in [-0.4, -0.2) is 13.2 Å². The van der Waals surface area contributed by atoms with Crippen molar-refractivity contribution in [1.82, 2.24) is 0 Å². The maximum Gasteiger partial charge on any atom is 0.128 e. The molecule has 0 aliphatic heterocycles. The molecule has 0 saturated heterocycles. The second-order valence-corrected chi connectivity index (χ2v) is 11.6. The van der Waals surface area contributed by atoms with Crippen LogP contribution in [0.2, 0.25) is 0 Å². The van der Waals surface area contributed by atoms with E-state index in [4.69, 9.17) is 9.47 Å². The fourth-order valence-electron chi connectivity index (χ4n) is 4.90. The molecule has 1 aromatic carbocycles. The van der Waals surface area contributed by atoms with Crippen LogP contribution in [0.1, 0.15) is 142 Å². The lowest BCUT2D eigenvalue weighted by Crippen LogP contribution is -2.01. The van der Waals surface area contributed by atoms with E-state index in [1.165, 1.54) is 126 Å². The summed E-state index contributed by atoms with van der Waals surface area (Å²) in [6, 6.07) is 10.7. The van der Waals surface area contributed by atoms with Crippen molar-refractivity contribution in [2.24, 2.45) is 0 Å². The number of hydrogen-bond acceptors (Lipinski definition) is 3. The summed E-state index contributed by atoms with van der Waals surface area (Å²) in [5.74, 6) is 1.95. The van der Waals surface area contributed by atoms with Crippen LogP contribution in [0.4, 0.5) is 0 Å². The van der Waals surface area contributed by atoms with Gasteiger partial charge in [-0.3, -0.25) is 0 Å². The Kier molecular flexibility index (Phi) is 19.3. The number of hydrogen-bond donors (Lipinski definition) is 0. The van der Waals surface area contributed by atoms with Gasteiger partial charge in [-0.1, -0.05) is 135 Å². The first kappa shape index (κ1) is 31.7. The third kappa shape index (κ3) is 15.5. The fourth-order valence-corrected chi connectivity index (χ4v) is 5.65. The molecule has 0 radical (unpaired) electrons. The number of benzene rings is 1. The van der Waals surface area contributed by atoms with Crippen molar-refractivity contribution in [2.75, 3.05) is 13.2 Å². The first-order valence-corrected chi connectivity index (χ1v) is 16.7. The predicted octanol–water partition coefficient (Wildman–Crippen LogP) is 12.0. The third-order valence-electron chi connectivity index (χ3n) is 7.26. The highest BCUT2D eigenvalue weighted by Gasteiger charge is 2.10. The number of ether oxygens (including phenoxy) is 2. The molecule has 0 saturated carbocycles. The van der Waals surface area contributed by atoms with Crippen molar-refractivity contribution in [3.05, 3.63) is 35.7 Å². The van der Waals surface area contributed by atoms with Gasteiger partial charge in [0, 0.05) is 10.4 Å². The monoisotopic (exact) mass is 528 g/mol. The van der Waals surface area contributed by atoms with Gasteiger partial charge >= 0.3 is 0 Å². The van der Waals surface area contributed by atoms with Crippen LogP contribution in [0, 0.1) is 0 Å². The summed E-state index contributed by atoms with van der Waals surface area (Å²) in [6.45, 7) is 6.17. The van der Waals surface area contributed by atoms with Gasteiger partial charge in [0.2, 0.25) is 0 Å². The Morgan fingerprint density at radius 2 is 1.03 bits per heavy atom. The van der Waals surface area contributed by atoms with Gasteiger partial charge in [0.25, 0.3) is 0 Å². The molecule has 0 bridgehead atoms. The highest BCUT2D eigenvalue weighted by atomic mass is 32.1. The summed E-state index contributed by atoms with van der Waals surface area (Å²) >= 11 is 1.77. The van der Waals surface area contributed by atoms with Crippen LogP contribution in [0.5, 0.6) is 11.5 Å². The molecule has 0 aliphatic carbocycles. The SMILES string of the molecule is CCCCCCCCCCCCOc1ccc(OCCCCCCCCCCCC)c(-c2cccs2)c1. The van der Waals surface area contributed by atoms with Gasteiger partial charge in [-0.05, 0) is 42.5 Å². The molecule has 0 amide bonds. The Morgan fingerprint density at radius 3 is 1.51 bits per heavy atom. The second-order valence-electron chi connectivity index (χ2n) is 10.7. The van der Waals surface area contributed by atoms with E-state index in [1.54, 1.807) is 11.3 Å². The minimum absolute atomic E-state index is 0.799. The molecule has 0 aliphatic rings. The van der Waals surface area contributed by atoms with E-state index in [1.807, 2.05) is 0 Å². The summed E-state index contributed by atoms with van der Waals surface area (Å²) in [4.78, 5) is 1.25. The molecule has 37 heavy (non-hydrogen) atoms. The summed E-state index contributed by atoms with van der Waals surface area (Å²) in [5.41, 5.74) is 1.17. The first-order chi connectivity index (χ1) is 18.3. The zero-order valence-electron chi connectivity index (χ0n) is 24.2. The van der Waals surface area contributed by atoms with Crippen LogP contribution in [0.25, 0.3) is 10.4 Å². The van der Waals surface area contributed by atoms with E-state index >= 15 is 0 Å². The topological polar surface area (TPSA) is 18.5 Å². The molecule has 2 rings (SSSR count). The van der Waals surface area contributed by atoms with Gasteiger partial charge in [0.05, 0.1) is 13.2 Å². The van der Waals surface area contributed by atoms with Gasteiger partial charge in [-0.25, -0.2) is 0 Å². The van der Waals surface area contributed by atoms with Crippen molar-refractivity contribution in [2.45, 2.75) is 142 Å². The zero-order valence-corrected chi connectivity index (χ0v) is 25.1. The van der Waals surface area contributed by atoms with E-state index < -0.39 is 0 Å². The van der Waals surface area contributed by atoms with Gasteiger partial charge in [-0.2, -0.15) is 0 Å². The van der Waals surface area contributed by atoms with E-state index in [0.717, 1.165) is 37.6 Å². The van der Waals surface area contributed by atoms with Crippen molar-refractivity contribution in [3.8, 4) is 21.9 Å². The van der Waals surface area contributed by atoms with Crippen LogP contribution >= 0.6 is 11.3 Å². The molecule has 1 heterocycles. The summed E-state index contributed by atoms with van der Waals surface area (Å²) in [7, 11) is 0. The highest BCUT2D eigenvalue weighted by Crippen LogP contribution is 2.36. The Labute approximate surface area is 233 Å². The van der Waals surface area contributed by atoms with Crippen molar-refractivity contribution >= 4 is 11.3 Å². The van der Waals surface area contributed by atoms with E-state index in [2.05, 4.69) is 49.6 Å². The molecule has 0 spiro atoms. The minimum Gasteiger partial charge on any atom is -0.494 e. The smallest absolute Gasteiger partial charge is 0.128 e. The van der Waals surface area contributed by atoms with Crippen molar-refractivity contribution < 1.29 is 9.47 Å². The van der Waals surface area contributed by atoms with Gasteiger partial charge in [0.15, 0.2) is 0 Å². The summed E-state index contributed by atoms with van der Waals surface area (Å²) < 4.78 is 12.4. The van der Waals surface area contributed by atoms with E-state index in [-0.39, 0.29) is 0 Å². The largest absolute Gasteiger partial charge is 0.494 e.